The zero-order chi connectivity index (χ0) is 19.8. The molecule has 1 aliphatic carbocycles. The molecule has 2 aliphatic rings. The molecule has 1 spiro atoms. The minimum Gasteiger partial charge on any atom is -0.348 e. The van der Waals surface area contributed by atoms with E-state index in [1.165, 1.54) is 0 Å². The van der Waals surface area contributed by atoms with Crippen LogP contribution < -0.4 is 10.6 Å². The van der Waals surface area contributed by atoms with Gasteiger partial charge in [0, 0.05) is 10.0 Å². The van der Waals surface area contributed by atoms with Gasteiger partial charge in [-0.3, -0.25) is 14.5 Å². The first-order valence-corrected chi connectivity index (χ1v) is 9.88. The van der Waals surface area contributed by atoms with Crippen LogP contribution in [0.2, 0.25) is 10.0 Å². The summed E-state index contributed by atoms with van der Waals surface area (Å²) >= 11 is 12.1. The van der Waals surface area contributed by atoms with Gasteiger partial charge in [-0.25, -0.2) is 4.79 Å². The highest BCUT2D eigenvalue weighted by atomic mass is 35.5. The molecule has 1 aromatic carbocycles. The maximum absolute atomic E-state index is 12.9. The molecular formula is C19H23Cl2N3O3. The monoisotopic (exact) mass is 411 g/mol. The summed E-state index contributed by atoms with van der Waals surface area (Å²) in [4.78, 5) is 38.7. The molecule has 4 amide bonds. The first-order valence-electron chi connectivity index (χ1n) is 9.13. The van der Waals surface area contributed by atoms with Crippen LogP contribution in [0.4, 0.5) is 4.79 Å². The fourth-order valence-corrected chi connectivity index (χ4v) is 4.57. The van der Waals surface area contributed by atoms with E-state index in [0.29, 0.717) is 22.0 Å². The molecule has 1 aliphatic heterocycles. The van der Waals surface area contributed by atoms with Gasteiger partial charge < -0.3 is 10.6 Å². The highest BCUT2D eigenvalue weighted by Crippen LogP contribution is 2.38. The van der Waals surface area contributed by atoms with Crippen LogP contribution in [-0.4, -0.2) is 34.8 Å². The Balaban J connectivity index is 1.67. The van der Waals surface area contributed by atoms with Crippen LogP contribution in [0.5, 0.6) is 0 Å². The summed E-state index contributed by atoms with van der Waals surface area (Å²) in [5, 5.41) is 6.59. The third-order valence-electron chi connectivity index (χ3n) is 5.61. The summed E-state index contributed by atoms with van der Waals surface area (Å²) in [7, 11) is 0. The van der Waals surface area contributed by atoms with Gasteiger partial charge in [0.2, 0.25) is 5.91 Å². The van der Waals surface area contributed by atoms with Gasteiger partial charge in [-0.05, 0) is 43.4 Å². The van der Waals surface area contributed by atoms with E-state index in [4.69, 9.17) is 23.2 Å². The van der Waals surface area contributed by atoms with Gasteiger partial charge in [-0.1, -0.05) is 49.0 Å². The number of carbonyl (C=O) groups excluding carboxylic acids is 3. The summed E-state index contributed by atoms with van der Waals surface area (Å²) in [5.74, 6) is -0.660. The second-order valence-electron chi connectivity index (χ2n) is 7.39. The molecule has 0 radical (unpaired) electrons. The molecule has 1 aromatic rings. The van der Waals surface area contributed by atoms with E-state index in [9.17, 15) is 14.4 Å². The Hall–Kier alpha value is -1.79. The molecule has 3 unspecified atom stereocenters. The number of imide groups is 1. The Morgan fingerprint density at radius 1 is 1.37 bits per heavy atom. The van der Waals surface area contributed by atoms with Crippen molar-refractivity contribution in [1.29, 1.82) is 0 Å². The van der Waals surface area contributed by atoms with E-state index < -0.39 is 17.5 Å². The summed E-state index contributed by atoms with van der Waals surface area (Å²) in [6.07, 6.45) is 3.44. The molecule has 0 bridgehead atoms. The standard InChI is InChI=1S/C19H23Cl2N3O3/c1-11-5-3-4-8-19(11)17(26)24(18(27)23-19)10-16(25)22-12(2)14-7-6-13(20)9-15(14)21/h6-7,9,11-12H,3-5,8,10H2,1-2H3,(H,22,25)(H,23,27). The Labute approximate surface area is 168 Å². The third-order valence-corrected chi connectivity index (χ3v) is 6.17. The number of halogens is 2. The molecule has 1 saturated heterocycles. The third kappa shape index (κ3) is 3.78. The minimum absolute atomic E-state index is 0.0579. The van der Waals surface area contributed by atoms with Crippen molar-refractivity contribution in [1.82, 2.24) is 15.5 Å². The van der Waals surface area contributed by atoms with Crippen LogP contribution in [-0.2, 0) is 9.59 Å². The maximum Gasteiger partial charge on any atom is 0.325 e. The lowest BCUT2D eigenvalue weighted by Crippen LogP contribution is -2.54. The van der Waals surface area contributed by atoms with Gasteiger partial charge in [0.05, 0.1) is 6.04 Å². The van der Waals surface area contributed by atoms with Crippen molar-refractivity contribution in [3.63, 3.8) is 0 Å². The Kier molecular flexibility index (Phi) is 5.68. The Bertz CT molecular complexity index is 785. The maximum atomic E-state index is 12.9. The molecule has 8 heteroatoms. The van der Waals surface area contributed by atoms with E-state index >= 15 is 0 Å². The number of nitrogens with zero attached hydrogens (tertiary/aromatic N) is 1. The van der Waals surface area contributed by atoms with Crippen LogP contribution >= 0.6 is 23.2 Å². The number of rotatable bonds is 4. The molecule has 1 saturated carbocycles. The van der Waals surface area contributed by atoms with Crippen molar-refractivity contribution in [2.45, 2.75) is 51.1 Å². The van der Waals surface area contributed by atoms with E-state index in [0.717, 1.165) is 24.2 Å². The molecular weight excluding hydrogens is 389 g/mol. The van der Waals surface area contributed by atoms with Crippen LogP contribution in [0.25, 0.3) is 0 Å². The Morgan fingerprint density at radius 2 is 2.11 bits per heavy atom. The number of nitrogens with one attached hydrogen (secondary N) is 2. The van der Waals surface area contributed by atoms with Gasteiger partial charge in [-0.15, -0.1) is 0 Å². The zero-order valence-electron chi connectivity index (χ0n) is 15.4. The van der Waals surface area contributed by atoms with E-state index in [1.807, 2.05) is 6.92 Å². The van der Waals surface area contributed by atoms with Crippen LogP contribution in [0.15, 0.2) is 18.2 Å². The molecule has 146 valence electrons. The number of amides is 4. The average Bonchev–Trinajstić information content (AvgIpc) is 2.82. The van der Waals surface area contributed by atoms with Crippen molar-refractivity contribution in [2.75, 3.05) is 6.54 Å². The SMILES string of the molecule is CC(NC(=O)CN1C(=O)NC2(CCCCC2C)C1=O)c1ccc(Cl)cc1Cl. The number of benzene rings is 1. The second-order valence-corrected chi connectivity index (χ2v) is 8.24. The highest BCUT2D eigenvalue weighted by Gasteiger charge is 2.55. The molecule has 1 heterocycles. The van der Waals surface area contributed by atoms with Crippen molar-refractivity contribution in [2.24, 2.45) is 5.92 Å². The predicted octanol–water partition coefficient (Wildman–Crippen LogP) is 3.67. The quantitative estimate of drug-likeness (QED) is 0.741. The van der Waals surface area contributed by atoms with Gasteiger partial charge in [0.1, 0.15) is 12.1 Å². The van der Waals surface area contributed by atoms with Crippen molar-refractivity contribution in [3.05, 3.63) is 33.8 Å². The number of hydrogen-bond donors (Lipinski definition) is 2. The summed E-state index contributed by atoms with van der Waals surface area (Å²) in [5.41, 5.74) is -0.148. The molecule has 2 N–H and O–H groups in total. The topological polar surface area (TPSA) is 78.5 Å². The molecule has 27 heavy (non-hydrogen) atoms. The first kappa shape index (κ1) is 20.0. The predicted molar refractivity (Wildman–Crippen MR) is 104 cm³/mol. The first-order chi connectivity index (χ1) is 12.7. The van der Waals surface area contributed by atoms with Gasteiger partial charge >= 0.3 is 6.03 Å². The summed E-state index contributed by atoms with van der Waals surface area (Å²) in [6.45, 7) is 3.45. The smallest absolute Gasteiger partial charge is 0.325 e. The normalized spacial score (nSPS) is 26.2. The number of urea groups is 1. The van der Waals surface area contributed by atoms with E-state index in [-0.39, 0.29) is 24.4 Å². The van der Waals surface area contributed by atoms with Crippen LogP contribution in [0.1, 0.15) is 51.1 Å². The van der Waals surface area contributed by atoms with Crippen LogP contribution in [0.3, 0.4) is 0 Å². The van der Waals surface area contributed by atoms with Gasteiger partial charge in [-0.2, -0.15) is 0 Å². The van der Waals surface area contributed by atoms with Crippen LogP contribution in [0, 0.1) is 5.92 Å². The van der Waals surface area contributed by atoms with Crippen molar-refractivity contribution < 1.29 is 14.4 Å². The number of hydrogen-bond acceptors (Lipinski definition) is 3. The van der Waals surface area contributed by atoms with Gasteiger partial charge in [0.15, 0.2) is 0 Å². The largest absolute Gasteiger partial charge is 0.348 e. The molecule has 0 aromatic heterocycles. The lowest BCUT2D eigenvalue weighted by molar-refractivity contribution is -0.137. The molecule has 6 nitrogen and oxygen atoms in total. The molecule has 3 rings (SSSR count). The fourth-order valence-electron chi connectivity index (χ4n) is 4.00. The van der Waals surface area contributed by atoms with Gasteiger partial charge in [0.25, 0.3) is 5.91 Å². The van der Waals surface area contributed by atoms with E-state index in [2.05, 4.69) is 10.6 Å². The molecule has 3 atom stereocenters. The number of carbonyl (C=O) groups is 3. The lowest BCUT2D eigenvalue weighted by Gasteiger charge is -2.36. The summed E-state index contributed by atoms with van der Waals surface area (Å²) < 4.78 is 0. The molecule has 2 fully saturated rings. The second kappa shape index (κ2) is 7.68. The zero-order valence-corrected chi connectivity index (χ0v) is 16.9. The fraction of sp³-hybridized carbons (Fsp3) is 0.526. The minimum atomic E-state index is -0.860. The van der Waals surface area contributed by atoms with E-state index in [1.54, 1.807) is 25.1 Å². The lowest BCUT2D eigenvalue weighted by atomic mass is 9.73. The van der Waals surface area contributed by atoms with Crippen molar-refractivity contribution >= 4 is 41.0 Å². The average molecular weight is 412 g/mol. The summed E-state index contributed by atoms with van der Waals surface area (Å²) in [6, 6.07) is 4.15. The highest BCUT2D eigenvalue weighted by molar-refractivity contribution is 6.35. The Morgan fingerprint density at radius 3 is 2.78 bits per heavy atom. The van der Waals surface area contributed by atoms with Crippen molar-refractivity contribution in [3.8, 4) is 0 Å².